The molecule has 194 valence electrons. The first kappa shape index (κ1) is 22.7. The van der Waals surface area contributed by atoms with E-state index < -0.39 is 0 Å². The van der Waals surface area contributed by atoms with Crippen LogP contribution in [0, 0.1) is 0 Å². The molecule has 1 aliphatic rings. The first-order chi connectivity index (χ1) is 20.3. The molecule has 0 radical (unpaired) electrons. The minimum absolute atomic E-state index is 0.794. The van der Waals surface area contributed by atoms with Gasteiger partial charge >= 0.3 is 0 Å². The van der Waals surface area contributed by atoms with Gasteiger partial charge in [0.1, 0.15) is 11.2 Å². The normalized spacial score (nSPS) is 13.8. The van der Waals surface area contributed by atoms with Crippen LogP contribution in [0.15, 0.2) is 131 Å². The third kappa shape index (κ3) is 3.38. The number of para-hydroxylation sites is 2. The standard InChI is InChI=1S/C37H24N2OS/c1-2-8-26(9-3-1)39-32-16-15-29-28-10-4-5-12-34(28)40-36(29)35(32)30-14-13-25(22-33(30)39)31-21-24(17-19-38-31)27-11-6-7-23-18-20-41-37(23)27/h1-18,20-22,38H,19H2. The van der Waals surface area contributed by atoms with Crippen molar-refractivity contribution in [1.82, 2.24) is 9.88 Å². The Morgan fingerprint density at radius 1 is 0.732 bits per heavy atom. The van der Waals surface area contributed by atoms with E-state index in [4.69, 9.17) is 4.42 Å². The van der Waals surface area contributed by atoms with E-state index in [1.54, 1.807) is 0 Å². The van der Waals surface area contributed by atoms with Crippen molar-refractivity contribution in [2.24, 2.45) is 0 Å². The number of thiophene rings is 1. The second-order valence-corrected chi connectivity index (χ2v) is 11.5. The van der Waals surface area contributed by atoms with Gasteiger partial charge in [0.05, 0.1) is 16.4 Å². The summed E-state index contributed by atoms with van der Waals surface area (Å²) in [4.78, 5) is 0. The number of nitrogens with one attached hydrogen (secondary N) is 1. The van der Waals surface area contributed by atoms with Crippen LogP contribution in [0.5, 0.6) is 0 Å². The molecule has 0 saturated heterocycles. The molecule has 0 amide bonds. The summed E-state index contributed by atoms with van der Waals surface area (Å²) < 4.78 is 10.2. The Labute approximate surface area is 240 Å². The molecule has 41 heavy (non-hydrogen) atoms. The molecule has 4 heterocycles. The van der Waals surface area contributed by atoms with Gasteiger partial charge in [0.15, 0.2) is 0 Å². The quantitative estimate of drug-likeness (QED) is 0.240. The Balaban J connectivity index is 1.29. The Morgan fingerprint density at radius 2 is 1.61 bits per heavy atom. The highest BCUT2D eigenvalue weighted by Crippen LogP contribution is 2.41. The lowest BCUT2D eigenvalue weighted by molar-refractivity contribution is 0.673. The molecule has 5 aromatic carbocycles. The van der Waals surface area contributed by atoms with Crippen molar-refractivity contribution in [2.45, 2.75) is 0 Å². The molecule has 0 saturated carbocycles. The van der Waals surface area contributed by atoms with Gasteiger partial charge in [0.25, 0.3) is 0 Å². The van der Waals surface area contributed by atoms with Crippen LogP contribution in [0.4, 0.5) is 0 Å². The van der Waals surface area contributed by atoms with Gasteiger partial charge < -0.3 is 14.3 Å². The van der Waals surface area contributed by atoms with E-state index in [9.17, 15) is 0 Å². The lowest BCUT2D eigenvalue weighted by atomic mass is 9.98. The Hall–Kier alpha value is -5.06. The number of dihydropyridines is 1. The number of furan rings is 1. The highest BCUT2D eigenvalue weighted by Gasteiger charge is 2.20. The third-order valence-corrected chi connectivity index (χ3v) is 9.27. The van der Waals surface area contributed by atoms with E-state index >= 15 is 0 Å². The van der Waals surface area contributed by atoms with E-state index in [-0.39, 0.29) is 0 Å². The van der Waals surface area contributed by atoms with Crippen LogP contribution in [0.2, 0.25) is 0 Å². The van der Waals surface area contributed by atoms with Gasteiger partial charge in [-0.1, -0.05) is 72.8 Å². The highest BCUT2D eigenvalue weighted by molar-refractivity contribution is 7.17. The van der Waals surface area contributed by atoms with E-state index in [1.165, 1.54) is 32.2 Å². The number of allylic oxidation sites excluding steroid dienone is 2. The molecular formula is C37H24N2OS. The molecule has 0 bridgehead atoms. The molecule has 0 aliphatic carbocycles. The van der Waals surface area contributed by atoms with Crippen molar-refractivity contribution in [3.63, 3.8) is 0 Å². The van der Waals surface area contributed by atoms with Crippen molar-refractivity contribution in [1.29, 1.82) is 0 Å². The molecule has 8 aromatic rings. The van der Waals surface area contributed by atoms with Crippen molar-refractivity contribution in [3.05, 3.63) is 138 Å². The fraction of sp³-hybridized carbons (Fsp3) is 0.0270. The van der Waals surface area contributed by atoms with Crippen molar-refractivity contribution >= 4 is 76.4 Å². The summed E-state index contributed by atoms with van der Waals surface area (Å²) in [5.41, 5.74) is 10.2. The molecular weight excluding hydrogens is 520 g/mol. The number of fused-ring (bicyclic) bond motifs is 8. The fourth-order valence-corrected chi connectivity index (χ4v) is 7.37. The second-order valence-electron chi connectivity index (χ2n) is 10.6. The lowest BCUT2D eigenvalue weighted by Gasteiger charge is -2.18. The predicted octanol–water partition coefficient (Wildman–Crippen LogP) is 9.93. The van der Waals surface area contributed by atoms with Crippen molar-refractivity contribution in [2.75, 3.05) is 6.54 Å². The van der Waals surface area contributed by atoms with Gasteiger partial charge in [-0.2, -0.15) is 0 Å². The number of aromatic nitrogens is 1. The summed E-state index contributed by atoms with van der Waals surface area (Å²) in [7, 11) is 0. The molecule has 0 unspecified atom stereocenters. The van der Waals surface area contributed by atoms with E-state index in [0.29, 0.717) is 0 Å². The van der Waals surface area contributed by atoms with Crippen LogP contribution in [0.1, 0.15) is 11.1 Å². The highest BCUT2D eigenvalue weighted by atomic mass is 32.1. The first-order valence-electron chi connectivity index (χ1n) is 13.9. The maximum absolute atomic E-state index is 6.52. The molecule has 3 aromatic heterocycles. The molecule has 1 N–H and O–H groups in total. The minimum Gasteiger partial charge on any atom is -0.455 e. The average Bonchev–Trinajstić information content (AvgIpc) is 3.75. The maximum atomic E-state index is 6.52. The SMILES string of the molecule is C1=C(c2ccc3c4c5oc6ccccc6c5ccc4n(-c4ccccc4)c3c2)NCC=C1c1cccc2ccsc12. The summed E-state index contributed by atoms with van der Waals surface area (Å²) in [6, 6.07) is 39.0. The average molecular weight is 545 g/mol. The number of nitrogens with zero attached hydrogens (tertiary/aromatic N) is 1. The second kappa shape index (κ2) is 8.72. The van der Waals surface area contributed by atoms with Crippen molar-refractivity contribution < 1.29 is 4.42 Å². The van der Waals surface area contributed by atoms with Crippen LogP contribution in [-0.4, -0.2) is 11.1 Å². The fourth-order valence-electron chi connectivity index (χ4n) is 6.44. The zero-order chi connectivity index (χ0) is 26.9. The smallest absolute Gasteiger partial charge is 0.145 e. The topological polar surface area (TPSA) is 30.1 Å². The van der Waals surface area contributed by atoms with Gasteiger partial charge in [-0.25, -0.2) is 0 Å². The van der Waals surface area contributed by atoms with Crippen LogP contribution in [0.3, 0.4) is 0 Å². The van der Waals surface area contributed by atoms with Gasteiger partial charge in [0, 0.05) is 38.8 Å². The van der Waals surface area contributed by atoms with Gasteiger partial charge in [0.2, 0.25) is 0 Å². The Bertz CT molecular complexity index is 2370. The number of rotatable bonds is 3. The zero-order valence-electron chi connectivity index (χ0n) is 22.1. The summed E-state index contributed by atoms with van der Waals surface area (Å²) in [5, 5.41) is 11.8. The summed E-state index contributed by atoms with van der Waals surface area (Å²) in [6.07, 6.45) is 4.59. The first-order valence-corrected chi connectivity index (χ1v) is 14.8. The summed E-state index contributed by atoms with van der Waals surface area (Å²) in [6.45, 7) is 0.794. The lowest BCUT2D eigenvalue weighted by Crippen LogP contribution is -2.16. The van der Waals surface area contributed by atoms with Gasteiger partial charge in [-0.05, 0) is 76.0 Å². The van der Waals surface area contributed by atoms with E-state index in [2.05, 4.69) is 131 Å². The molecule has 3 nitrogen and oxygen atoms in total. The van der Waals surface area contributed by atoms with E-state index in [0.717, 1.165) is 56.3 Å². The van der Waals surface area contributed by atoms with Gasteiger partial charge in [-0.3, -0.25) is 0 Å². The molecule has 1 aliphatic heterocycles. The number of hydrogen-bond donors (Lipinski definition) is 1. The molecule has 9 rings (SSSR count). The number of hydrogen-bond acceptors (Lipinski definition) is 3. The minimum atomic E-state index is 0.794. The third-order valence-electron chi connectivity index (χ3n) is 8.30. The zero-order valence-corrected chi connectivity index (χ0v) is 22.9. The number of benzene rings is 5. The largest absolute Gasteiger partial charge is 0.455 e. The van der Waals surface area contributed by atoms with Crippen LogP contribution in [0.25, 0.3) is 70.8 Å². The Morgan fingerprint density at radius 3 is 2.56 bits per heavy atom. The summed E-state index contributed by atoms with van der Waals surface area (Å²) in [5.74, 6) is 0. The maximum Gasteiger partial charge on any atom is 0.145 e. The van der Waals surface area contributed by atoms with E-state index in [1.807, 2.05) is 17.4 Å². The molecule has 4 heteroatoms. The molecule has 0 spiro atoms. The molecule has 0 atom stereocenters. The van der Waals surface area contributed by atoms with Crippen LogP contribution < -0.4 is 5.32 Å². The summed E-state index contributed by atoms with van der Waals surface area (Å²) >= 11 is 1.81. The van der Waals surface area contributed by atoms with Crippen molar-refractivity contribution in [3.8, 4) is 5.69 Å². The predicted molar refractivity (Wildman–Crippen MR) is 174 cm³/mol. The van der Waals surface area contributed by atoms with Crippen LogP contribution >= 0.6 is 11.3 Å². The van der Waals surface area contributed by atoms with Gasteiger partial charge in [-0.15, -0.1) is 11.3 Å². The monoisotopic (exact) mass is 544 g/mol. The van der Waals surface area contributed by atoms with Crippen LogP contribution in [-0.2, 0) is 0 Å². The molecule has 0 fully saturated rings. The Kier molecular flexibility index (Phi) is 4.83.